The van der Waals surface area contributed by atoms with Gasteiger partial charge in [-0.05, 0) is 45.4 Å². The fraction of sp³-hybridized carbons (Fsp3) is 0.765. The van der Waals surface area contributed by atoms with Gasteiger partial charge in [-0.15, -0.1) is 0 Å². The Hall–Kier alpha value is -1.32. The van der Waals surface area contributed by atoms with Gasteiger partial charge in [-0.2, -0.15) is 5.10 Å². The number of hydrogen-bond acceptors (Lipinski definition) is 2. The predicted octanol–water partition coefficient (Wildman–Crippen LogP) is 2.96. The highest BCUT2D eigenvalue weighted by atomic mass is 16.2. The third-order valence-electron chi connectivity index (χ3n) is 4.71. The Morgan fingerprint density at radius 1 is 1.33 bits per heavy atom. The number of nitrogens with zero attached hydrogens (tertiary/aromatic N) is 3. The molecule has 1 aromatic rings. The van der Waals surface area contributed by atoms with Crippen LogP contribution in [0.25, 0.3) is 0 Å². The van der Waals surface area contributed by atoms with Crippen LogP contribution in [0.4, 0.5) is 0 Å². The van der Waals surface area contributed by atoms with E-state index in [0.717, 1.165) is 23.5 Å². The minimum atomic E-state index is 0.213. The third kappa shape index (κ3) is 3.66. The molecule has 4 heteroatoms. The maximum Gasteiger partial charge on any atom is 0.227 e. The van der Waals surface area contributed by atoms with Crippen LogP contribution in [0.1, 0.15) is 50.6 Å². The van der Waals surface area contributed by atoms with Crippen LogP contribution in [-0.4, -0.2) is 33.7 Å². The van der Waals surface area contributed by atoms with Gasteiger partial charge in [0.05, 0.1) is 12.1 Å². The van der Waals surface area contributed by atoms with Crippen molar-refractivity contribution >= 4 is 5.91 Å². The topological polar surface area (TPSA) is 38.1 Å². The number of hydrogen-bond donors (Lipinski definition) is 0. The van der Waals surface area contributed by atoms with Crippen LogP contribution in [0.3, 0.4) is 0 Å². The molecule has 21 heavy (non-hydrogen) atoms. The Morgan fingerprint density at radius 2 is 1.95 bits per heavy atom. The zero-order valence-corrected chi connectivity index (χ0v) is 14.3. The second-order valence-corrected chi connectivity index (χ2v) is 6.98. The number of rotatable bonds is 6. The van der Waals surface area contributed by atoms with Crippen LogP contribution >= 0.6 is 0 Å². The molecule has 0 spiro atoms. The van der Waals surface area contributed by atoms with Gasteiger partial charge in [0.15, 0.2) is 0 Å². The fourth-order valence-corrected chi connectivity index (χ4v) is 2.91. The number of amides is 1. The second-order valence-electron chi connectivity index (χ2n) is 6.98. The average Bonchev–Trinajstić information content (AvgIpc) is 3.21. The van der Waals surface area contributed by atoms with Gasteiger partial charge in [-0.3, -0.25) is 9.48 Å². The molecule has 1 aromatic heterocycles. The summed E-state index contributed by atoms with van der Waals surface area (Å²) in [5.41, 5.74) is 3.24. The summed E-state index contributed by atoms with van der Waals surface area (Å²) in [7, 11) is 1.94. The van der Waals surface area contributed by atoms with Crippen molar-refractivity contribution in [1.82, 2.24) is 14.7 Å². The number of likely N-dealkylation sites (N-methyl/N-ethyl adjacent to an activating group) is 1. The lowest BCUT2D eigenvalue weighted by atomic mass is 10.1. The quantitative estimate of drug-likeness (QED) is 0.808. The van der Waals surface area contributed by atoms with E-state index >= 15 is 0 Å². The molecule has 1 amide bonds. The SMILES string of the molecule is Cc1nn(CC(C)C)c(C)c1CC(=O)N(C)C(C)C1CC1. The number of aromatic nitrogens is 2. The van der Waals surface area contributed by atoms with Crippen molar-refractivity contribution in [3.05, 3.63) is 17.0 Å². The summed E-state index contributed by atoms with van der Waals surface area (Å²) in [5.74, 6) is 1.48. The molecule has 0 saturated heterocycles. The van der Waals surface area contributed by atoms with E-state index in [0.29, 0.717) is 24.3 Å². The van der Waals surface area contributed by atoms with Crippen LogP contribution in [-0.2, 0) is 17.8 Å². The van der Waals surface area contributed by atoms with E-state index < -0.39 is 0 Å². The standard InChI is InChI=1S/C17H29N3O/c1-11(2)10-20-14(5)16(12(3)18-20)9-17(21)19(6)13(4)15-7-8-15/h11,13,15H,7-10H2,1-6H3. The summed E-state index contributed by atoms with van der Waals surface area (Å²) in [6, 6.07) is 0.365. The largest absolute Gasteiger partial charge is 0.342 e. The number of aryl methyl sites for hydroxylation is 1. The first kappa shape index (κ1) is 16.1. The summed E-state index contributed by atoms with van der Waals surface area (Å²) < 4.78 is 2.05. The van der Waals surface area contributed by atoms with E-state index in [9.17, 15) is 4.79 Å². The summed E-state index contributed by atoms with van der Waals surface area (Å²) in [6.45, 7) is 11.5. The van der Waals surface area contributed by atoms with Crippen molar-refractivity contribution in [3.8, 4) is 0 Å². The molecule has 1 heterocycles. The van der Waals surface area contributed by atoms with Crippen LogP contribution in [0.15, 0.2) is 0 Å². The molecule has 0 aliphatic heterocycles. The lowest BCUT2D eigenvalue weighted by Gasteiger charge is -2.25. The Labute approximate surface area is 128 Å². The maximum atomic E-state index is 12.5. The molecule has 1 aliphatic rings. The van der Waals surface area contributed by atoms with Crippen molar-refractivity contribution in [3.63, 3.8) is 0 Å². The molecule has 4 nitrogen and oxygen atoms in total. The Balaban J connectivity index is 2.08. The predicted molar refractivity (Wildman–Crippen MR) is 85.2 cm³/mol. The van der Waals surface area contributed by atoms with Gasteiger partial charge in [0.2, 0.25) is 5.91 Å². The zero-order valence-electron chi connectivity index (χ0n) is 14.3. The third-order valence-corrected chi connectivity index (χ3v) is 4.71. The number of carbonyl (C=O) groups excluding carboxylic acids is 1. The van der Waals surface area contributed by atoms with Crippen LogP contribution in [0.5, 0.6) is 0 Å². The van der Waals surface area contributed by atoms with Crippen molar-refractivity contribution < 1.29 is 4.79 Å². The van der Waals surface area contributed by atoms with Crippen molar-refractivity contribution in [1.29, 1.82) is 0 Å². The minimum Gasteiger partial charge on any atom is -0.342 e. The minimum absolute atomic E-state index is 0.213. The Morgan fingerprint density at radius 3 is 2.48 bits per heavy atom. The lowest BCUT2D eigenvalue weighted by molar-refractivity contribution is -0.131. The monoisotopic (exact) mass is 291 g/mol. The van der Waals surface area contributed by atoms with Gasteiger partial charge >= 0.3 is 0 Å². The van der Waals surface area contributed by atoms with Gasteiger partial charge in [-0.25, -0.2) is 0 Å². The van der Waals surface area contributed by atoms with E-state index in [1.807, 2.05) is 23.6 Å². The van der Waals surface area contributed by atoms with Crippen molar-refractivity contribution in [2.45, 2.75) is 66.5 Å². The van der Waals surface area contributed by atoms with Crippen LogP contribution in [0.2, 0.25) is 0 Å². The molecule has 1 saturated carbocycles. The Bertz CT molecular complexity index is 514. The summed E-state index contributed by atoms with van der Waals surface area (Å²) >= 11 is 0. The molecule has 0 N–H and O–H groups in total. The highest BCUT2D eigenvalue weighted by Gasteiger charge is 2.32. The second kappa shape index (κ2) is 6.20. The smallest absolute Gasteiger partial charge is 0.227 e. The molecular weight excluding hydrogens is 262 g/mol. The van der Waals surface area contributed by atoms with Crippen molar-refractivity contribution in [2.24, 2.45) is 11.8 Å². The summed E-state index contributed by atoms with van der Waals surface area (Å²) in [4.78, 5) is 14.4. The van der Waals surface area contributed by atoms with E-state index in [1.54, 1.807) is 0 Å². The lowest BCUT2D eigenvalue weighted by Crippen LogP contribution is -2.37. The molecule has 2 rings (SSSR count). The molecule has 118 valence electrons. The molecule has 1 aliphatic carbocycles. The molecule has 1 atom stereocenters. The molecule has 0 radical (unpaired) electrons. The van der Waals surface area contributed by atoms with Crippen LogP contribution in [0, 0.1) is 25.7 Å². The van der Waals surface area contributed by atoms with Gasteiger partial charge in [0.25, 0.3) is 0 Å². The van der Waals surface area contributed by atoms with Crippen LogP contribution < -0.4 is 0 Å². The number of carbonyl (C=O) groups is 1. The normalized spacial score (nSPS) is 16.3. The summed E-state index contributed by atoms with van der Waals surface area (Å²) in [6.07, 6.45) is 3.01. The molecule has 0 aromatic carbocycles. The van der Waals surface area contributed by atoms with Gasteiger partial charge in [0, 0.05) is 30.9 Å². The molecule has 0 bridgehead atoms. The first-order valence-corrected chi connectivity index (χ1v) is 8.09. The fourth-order valence-electron chi connectivity index (χ4n) is 2.91. The summed E-state index contributed by atoms with van der Waals surface area (Å²) in [5, 5.41) is 4.60. The van der Waals surface area contributed by atoms with Gasteiger partial charge in [0.1, 0.15) is 0 Å². The molecule has 1 fully saturated rings. The maximum absolute atomic E-state index is 12.5. The van der Waals surface area contributed by atoms with E-state index in [2.05, 4.69) is 32.8 Å². The molecular formula is C17H29N3O. The highest BCUT2D eigenvalue weighted by molar-refractivity contribution is 5.79. The van der Waals surface area contributed by atoms with E-state index in [4.69, 9.17) is 0 Å². The van der Waals surface area contributed by atoms with Gasteiger partial charge in [-0.1, -0.05) is 13.8 Å². The van der Waals surface area contributed by atoms with Crippen molar-refractivity contribution in [2.75, 3.05) is 7.05 Å². The van der Waals surface area contributed by atoms with E-state index in [-0.39, 0.29) is 5.91 Å². The highest BCUT2D eigenvalue weighted by Crippen LogP contribution is 2.34. The first-order chi connectivity index (χ1) is 9.81. The van der Waals surface area contributed by atoms with Gasteiger partial charge < -0.3 is 4.90 Å². The average molecular weight is 291 g/mol. The molecule has 1 unspecified atom stereocenters. The Kier molecular flexibility index (Phi) is 4.74. The first-order valence-electron chi connectivity index (χ1n) is 8.09. The van der Waals surface area contributed by atoms with E-state index in [1.165, 1.54) is 12.8 Å². The zero-order chi connectivity index (χ0) is 15.7.